The lowest BCUT2D eigenvalue weighted by Gasteiger charge is -2.09. The van der Waals surface area contributed by atoms with Crippen molar-refractivity contribution < 1.29 is 9.53 Å². The number of carbonyl (C=O) groups excluding carboxylic acids is 1. The Labute approximate surface area is 185 Å². The summed E-state index contributed by atoms with van der Waals surface area (Å²) < 4.78 is 6.81. The second-order valence-electron chi connectivity index (χ2n) is 7.64. The molecule has 158 valence electrons. The van der Waals surface area contributed by atoms with Crippen LogP contribution >= 0.6 is 11.3 Å². The van der Waals surface area contributed by atoms with Gasteiger partial charge in [0.1, 0.15) is 4.83 Å². The lowest BCUT2D eigenvalue weighted by Crippen LogP contribution is -2.21. The summed E-state index contributed by atoms with van der Waals surface area (Å²) in [5.74, 6) is -0.348. The average molecular weight is 433 g/mol. The molecule has 2 aromatic carbocycles. The van der Waals surface area contributed by atoms with Gasteiger partial charge in [0.2, 0.25) is 0 Å². The fourth-order valence-electron chi connectivity index (χ4n) is 3.47. The van der Waals surface area contributed by atoms with Crippen molar-refractivity contribution >= 4 is 27.5 Å². The van der Waals surface area contributed by atoms with Gasteiger partial charge in [-0.3, -0.25) is 9.36 Å². The van der Waals surface area contributed by atoms with Crippen molar-refractivity contribution in [2.75, 3.05) is 6.61 Å². The van der Waals surface area contributed by atoms with E-state index < -0.39 is 0 Å². The third-order valence-electron chi connectivity index (χ3n) is 5.33. The van der Waals surface area contributed by atoms with E-state index in [-0.39, 0.29) is 11.5 Å². The largest absolute Gasteiger partial charge is 0.462 e. The Kier molecular flexibility index (Phi) is 6.00. The third kappa shape index (κ3) is 4.30. The molecule has 0 saturated carbocycles. The van der Waals surface area contributed by atoms with Crippen molar-refractivity contribution in [3.05, 3.63) is 86.8 Å². The summed E-state index contributed by atoms with van der Waals surface area (Å²) in [4.78, 5) is 30.7. The molecule has 4 aromatic rings. The normalized spacial score (nSPS) is 11.1. The van der Waals surface area contributed by atoms with E-state index in [0.717, 1.165) is 27.9 Å². The second kappa shape index (κ2) is 8.86. The highest BCUT2D eigenvalue weighted by Gasteiger charge is 2.15. The topological polar surface area (TPSA) is 61.2 Å². The van der Waals surface area contributed by atoms with Crippen LogP contribution in [0.25, 0.3) is 21.3 Å². The van der Waals surface area contributed by atoms with E-state index in [1.54, 1.807) is 29.1 Å². The van der Waals surface area contributed by atoms with Gasteiger partial charge in [0.05, 0.1) is 30.4 Å². The predicted molar refractivity (Wildman–Crippen MR) is 125 cm³/mol. The Balaban J connectivity index is 1.70. The van der Waals surface area contributed by atoms with E-state index in [4.69, 9.17) is 4.74 Å². The minimum Gasteiger partial charge on any atom is -0.462 e. The van der Waals surface area contributed by atoms with E-state index in [1.807, 2.05) is 24.4 Å². The molecule has 0 radical (unpaired) electrons. The molecule has 0 saturated heterocycles. The number of hydrogen-bond donors (Lipinski definition) is 0. The van der Waals surface area contributed by atoms with Gasteiger partial charge in [-0.05, 0) is 54.7 Å². The van der Waals surface area contributed by atoms with Gasteiger partial charge >= 0.3 is 5.97 Å². The summed E-state index contributed by atoms with van der Waals surface area (Å²) in [5.41, 5.74) is 5.58. The highest BCUT2D eigenvalue weighted by Crippen LogP contribution is 2.31. The molecule has 4 rings (SSSR count). The lowest BCUT2D eigenvalue weighted by molar-refractivity contribution is 0.0505. The van der Waals surface area contributed by atoms with Crippen LogP contribution in [0.15, 0.2) is 59.0 Å². The fourth-order valence-corrected chi connectivity index (χ4v) is 4.38. The van der Waals surface area contributed by atoms with Crippen LogP contribution in [0.2, 0.25) is 0 Å². The Bertz CT molecular complexity index is 1320. The van der Waals surface area contributed by atoms with Gasteiger partial charge in [0.15, 0.2) is 0 Å². The number of carbonyl (C=O) groups is 1. The second-order valence-corrected chi connectivity index (χ2v) is 8.50. The van der Waals surface area contributed by atoms with E-state index >= 15 is 0 Å². The van der Waals surface area contributed by atoms with E-state index in [9.17, 15) is 9.59 Å². The van der Waals surface area contributed by atoms with E-state index in [1.165, 1.54) is 22.5 Å². The van der Waals surface area contributed by atoms with Crippen molar-refractivity contribution in [3.63, 3.8) is 0 Å². The smallest absolute Gasteiger partial charge is 0.338 e. The maximum atomic E-state index is 13.3. The van der Waals surface area contributed by atoms with Crippen molar-refractivity contribution in [2.24, 2.45) is 0 Å². The monoisotopic (exact) mass is 432 g/mol. The van der Waals surface area contributed by atoms with Gasteiger partial charge in [-0.15, -0.1) is 11.3 Å². The molecule has 0 N–H and O–H groups in total. The number of aromatic nitrogens is 2. The average Bonchev–Trinajstić information content (AvgIpc) is 3.21. The van der Waals surface area contributed by atoms with E-state index in [0.29, 0.717) is 24.1 Å². The molecule has 0 spiro atoms. The van der Waals surface area contributed by atoms with Crippen LogP contribution < -0.4 is 5.56 Å². The molecule has 0 aliphatic rings. The fraction of sp³-hybridized carbons (Fsp3) is 0.240. The molecule has 6 heteroatoms. The molecule has 0 bridgehead atoms. The first-order valence-corrected chi connectivity index (χ1v) is 11.2. The minimum absolute atomic E-state index is 0.0848. The maximum absolute atomic E-state index is 13.3. The molecule has 0 aliphatic carbocycles. The van der Waals surface area contributed by atoms with Gasteiger partial charge in [-0.2, -0.15) is 0 Å². The summed E-state index contributed by atoms with van der Waals surface area (Å²) in [5, 5.41) is 2.63. The summed E-state index contributed by atoms with van der Waals surface area (Å²) in [6.07, 6.45) is 2.35. The number of hydrogen-bond acceptors (Lipinski definition) is 5. The number of thiophene rings is 1. The van der Waals surface area contributed by atoms with Gasteiger partial charge < -0.3 is 4.74 Å². The quantitative estimate of drug-likeness (QED) is 0.385. The number of benzene rings is 2. The van der Waals surface area contributed by atoms with Crippen LogP contribution in [0.3, 0.4) is 0 Å². The van der Waals surface area contributed by atoms with E-state index in [2.05, 4.69) is 31.0 Å². The SMILES string of the molecule is CCCOC(=O)c1cccc(Cn2cnc3scc(-c4ccc(C)c(C)c4)c3c2=O)c1. The first-order valence-electron chi connectivity index (χ1n) is 10.3. The van der Waals surface area contributed by atoms with Crippen LogP contribution in [-0.4, -0.2) is 22.1 Å². The Morgan fingerprint density at radius 3 is 2.74 bits per heavy atom. The molecule has 0 unspecified atom stereocenters. The van der Waals surface area contributed by atoms with Gasteiger partial charge in [-0.1, -0.05) is 37.3 Å². The van der Waals surface area contributed by atoms with Crippen LogP contribution in [0.1, 0.15) is 40.4 Å². The number of rotatable bonds is 6. The first kappa shape index (κ1) is 21.0. The number of esters is 1. The molecular weight excluding hydrogens is 408 g/mol. The maximum Gasteiger partial charge on any atom is 0.338 e. The molecule has 31 heavy (non-hydrogen) atoms. The number of ether oxygens (including phenoxy) is 1. The molecular formula is C25H24N2O3S. The molecule has 0 fully saturated rings. The van der Waals surface area contributed by atoms with Crippen molar-refractivity contribution in [3.8, 4) is 11.1 Å². The third-order valence-corrected chi connectivity index (χ3v) is 6.22. The predicted octanol–water partition coefficient (Wildman–Crippen LogP) is 5.36. The summed E-state index contributed by atoms with van der Waals surface area (Å²) in [6, 6.07) is 13.4. The zero-order chi connectivity index (χ0) is 22.0. The zero-order valence-corrected chi connectivity index (χ0v) is 18.7. The molecule has 2 heterocycles. The standard InChI is InChI=1S/C25H24N2O3S/c1-4-10-30-25(29)20-7-5-6-18(12-20)13-27-15-26-23-22(24(27)28)21(14-31-23)19-9-8-16(2)17(3)11-19/h5-9,11-12,14-15H,4,10,13H2,1-3H3. The molecule has 0 atom stereocenters. The van der Waals surface area contributed by atoms with Gasteiger partial charge in [0.25, 0.3) is 5.56 Å². The highest BCUT2D eigenvalue weighted by atomic mass is 32.1. The molecule has 5 nitrogen and oxygen atoms in total. The van der Waals surface area contributed by atoms with Gasteiger partial charge in [-0.25, -0.2) is 9.78 Å². The van der Waals surface area contributed by atoms with Crippen LogP contribution in [0.5, 0.6) is 0 Å². The number of fused-ring (bicyclic) bond motifs is 1. The molecule has 0 aliphatic heterocycles. The lowest BCUT2D eigenvalue weighted by atomic mass is 10.0. The summed E-state index contributed by atoms with van der Waals surface area (Å²) >= 11 is 1.48. The van der Waals surface area contributed by atoms with Crippen LogP contribution in [0, 0.1) is 13.8 Å². The summed E-state index contributed by atoms with van der Waals surface area (Å²) in [7, 11) is 0. The Morgan fingerprint density at radius 2 is 1.97 bits per heavy atom. The number of nitrogens with zero attached hydrogens (tertiary/aromatic N) is 2. The molecule has 0 amide bonds. The number of aryl methyl sites for hydroxylation is 2. The Morgan fingerprint density at radius 1 is 1.13 bits per heavy atom. The minimum atomic E-state index is -0.348. The van der Waals surface area contributed by atoms with Crippen molar-refractivity contribution in [1.29, 1.82) is 0 Å². The van der Waals surface area contributed by atoms with Crippen LogP contribution in [-0.2, 0) is 11.3 Å². The zero-order valence-electron chi connectivity index (χ0n) is 17.8. The summed E-state index contributed by atoms with van der Waals surface area (Å²) in [6.45, 7) is 6.82. The van der Waals surface area contributed by atoms with Crippen molar-refractivity contribution in [2.45, 2.75) is 33.7 Å². The van der Waals surface area contributed by atoms with Crippen molar-refractivity contribution in [1.82, 2.24) is 9.55 Å². The highest BCUT2D eigenvalue weighted by molar-refractivity contribution is 7.17. The first-order chi connectivity index (χ1) is 15.0. The van der Waals surface area contributed by atoms with Crippen LogP contribution in [0.4, 0.5) is 0 Å². The van der Waals surface area contributed by atoms with Gasteiger partial charge in [0, 0.05) is 10.9 Å². The Hall–Kier alpha value is -3.25. The molecule has 2 aromatic heterocycles.